The van der Waals surface area contributed by atoms with Crippen LogP contribution in [0.5, 0.6) is 0 Å². The van der Waals surface area contributed by atoms with Crippen molar-refractivity contribution in [2.75, 3.05) is 10.6 Å². The van der Waals surface area contributed by atoms with Crippen molar-refractivity contribution in [1.29, 1.82) is 0 Å². The first kappa shape index (κ1) is 21.6. The van der Waals surface area contributed by atoms with Crippen LogP contribution in [-0.2, 0) is 16.1 Å². The van der Waals surface area contributed by atoms with Gasteiger partial charge in [0.15, 0.2) is 11.0 Å². The molecule has 3 rings (SSSR count). The Bertz CT molecular complexity index is 1060. The van der Waals surface area contributed by atoms with E-state index in [9.17, 15) is 9.59 Å². The summed E-state index contributed by atoms with van der Waals surface area (Å²) in [5.74, 6) is 0.479. The van der Waals surface area contributed by atoms with Gasteiger partial charge in [0.05, 0.1) is 5.25 Å². The van der Waals surface area contributed by atoms with Gasteiger partial charge >= 0.3 is 0 Å². The Morgan fingerprint density at radius 1 is 1.07 bits per heavy atom. The van der Waals surface area contributed by atoms with Gasteiger partial charge in [0.1, 0.15) is 0 Å². The Morgan fingerprint density at radius 2 is 1.77 bits per heavy atom. The number of hydrogen-bond acceptors (Lipinski definition) is 5. The van der Waals surface area contributed by atoms with E-state index in [2.05, 4.69) is 26.9 Å². The van der Waals surface area contributed by atoms with Gasteiger partial charge in [-0.15, -0.1) is 10.2 Å². The molecule has 0 spiro atoms. The molecule has 2 amide bonds. The predicted octanol–water partition coefficient (Wildman–Crippen LogP) is 4.35. The molecule has 2 N–H and O–H groups in total. The number of benzene rings is 2. The van der Waals surface area contributed by atoms with Crippen LogP contribution in [0, 0.1) is 6.92 Å². The molecule has 0 saturated heterocycles. The lowest BCUT2D eigenvalue weighted by Gasteiger charge is -2.13. The molecule has 30 heavy (non-hydrogen) atoms. The van der Waals surface area contributed by atoms with Crippen LogP contribution in [0.1, 0.15) is 26.3 Å². The topological polar surface area (TPSA) is 88.9 Å². The Kier molecular flexibility index (Phi) is 6.89. The molecule has 0 bridgehead atoms. The highest BCUT2D eigenvalue weighted by atomic mass is 32.2. The van der Waals surface area contributed by atoms with Crippen LogP contribution in [0.2, 0.25) is 0 Å². The van der Waals surface area contributed by atoms with Gasteiger partial charge in [-0.05, 0) is 45.0 Å². The number of anilines is 2. The molecule has 0 fully saturated rings. The molecule has 1 unspecified atom stereocenters. The summed E-state index contributed by atoms with van der Waals surface area (Å²) < 4.78 is 2.01. The summed E-state index contributed by atoms with van der Waals surface area (Å²) in [6, 6.07) is 15.2. The second-order valence-corrected chi connectivity index (χ2v) is 8.24. The molecule has 156 valence electrons. The third-order valence-corrected chi connectivity index (χ3v) is 5.49. The normalized spacial score (nSPS) is 11.7. The number of carbonyl (C=O) groups excluding carboxylic acids is 2. The molecular formula is C22H25N5O2S. The molecule has 0 radical (unpaired) electrons. The van der Waals surface area contributed by atoms with Crippen LogP contribution in [0.15, 0.2) is 53.7 Å². The lowest BCUT2D eigenvalue weighted by Crippen LogP contribution is -2.23. The molecule has 1 aromatic heterocycles. The van der Waals surface area contributed by atoms with Crippen LogP contribution in [-0.4, -0.2) is 31.8 Å². The monoisotopic (exact) mass is 423 g/mol. The van der Waals surface area contributed by atoms with E-state index >= 15 is 0 Å². The number of thioether (sulfide) groups is 1. The molecule has 0 aliphatic heterocycles. The zero-order valence-electron chi connectivity index (χ0n) is 17.5. The number of aromatic nitrogens is 3. The molecule has 0 aliphatic carbocycles. The highest BCUT2D eigenvalue weighted by Gasteiger charge is 2.20. The van der Waals surface area contributed by atoms with Crippen molar-refractivity contribution in [3.63, 3.8) is 0 Å². The molecule has 0 aliphatic rings. The highest BCUT2D eigenvalue weighted by molar-refractivity contribution is 8.00. The second-order valence-electron chi connectivity index (χ2n) is 6.93. The van der Waals surface area contributed by atoms with Gasteiger partial charge in [-0.25, -0.2) is 0 Å². The number of hydrogen-bond donors (Lipinski definition) is 2. The third-order valence-electron chi connectivity index (χ3n) is 4.41. The average molecular weight is 424 g/mol. The molecule has 2 aromatic carbocycles. The number of aryl methyl sites for hydroxylation is 1. The van der Waals surface area contributed by atoms with Gasteiger partial charge < -0.3 is 15.2 Å². The van der Waals surface area contributed by atoms with E-state index in [1.54, 1.807) is 24.3 Å². The van der Waals surface area contributed by atoms with E-state index in [0.717, 1.165) is 17.0 Å². The lowest BCUT2D eigenvalue weighted by atomic mass is 10.1. The molecule has 1 heterocycles. The summed E-state index contributed by atoms with van der Waals surface area (Å²) >= 11 is 1.36. The minimum atomic E-state index is -0.380. The first-order valence-corrected chi connectivity index (χ1v) is 10.6. The van der Waals surface area contributed by atoms with E-state index in [0.29, 0.717) is 23.1 Å². The predicted molar refractivity (Wildman–Crippen MR) is 121 cm³/mol. The summed E-state index contributed by atoms with van der Waals surface area (Å²) in [6.07, 6.45) is 0. The number of amides is 2. The summed E-state index contributed by atoms with van der Waals surface area (Å²) in [5.41, 5.74) is 3.41. The number of rotatable bonds is 7. The summed E-state index contributed by atoms with van der Waals surface area (Å²) in [6.45, 7) is 8.05. The summed E-state index contributed by atoms with van der Waals surface area (Å²) in [7, 11) is 0. The first-order valence-electron chi connectivity index (χ1n) is 9.72. The quantitative estimate of drug-likeness (QED) is 0.552. The van der Waals surface area contributed by atoms with Crippen LogP contribution in [0.25, 0.3) is 11.4 Å². The summed E-state index contributed by atoms with van der Waals surface area (Å²) in [4.78, 5) is 23.9. The smallest absolute Gasteiger partial charge is 0.237 e. The fraction of sp³-hybridized carbons (Fsp3) is 0.273. The van der Waals surface area contributed by atoms with Crippen LogP contribution in [0.3, 0.4) is 0 Å². The van der Waals surface area contributed by atoms with Gasteiger partial charge in [-0.2, -0.15) is 0 Å². The second kappa shape index (κ2) is 9.58. The SMILES string of the molecule is CCn1c(SC(C)C(=O)Nc2cccc(NC(C)=O)c2)nnc1-c1cccc(C)c1. The minimum absolute atomic E-state index is 0.150. The maximum absolute atomic E-state index is 12.7. The number of nitrogens with one attached hydrogen (secondary N) is 2. The summed E-state index contributed by atoms with van der Waals surface area (Å²) in [5, 5.41) is 14.6. The Morgan fingerprint density at radius 3 is 2.43 bits per heavy atom. The van der Waals surface area contributed by atoms with Crippen molar-refractivity contribution in [3.05, 3.63) is 54.1 Å². The van der Waals surface area contributed by atoms with Gasteiger partial charge in [0.2, 0.25) is 11.8 Å². The highest BCUT2D eigenvalue weighted by Crippen LogP contribution is 2.28. The Balaban J connectivity index is 1.72. The Labute approximate surface area is 180 Å². The maximum atomic E-state index is 12.7. The van der Waals surface area contributed by atoms with Crippen molar-refractivity contribution < 1.29 is 9.59 Å². The van der Waals surface area contributed by atoms with Gasteiger partial charge in [0.25, 0.3) is 0 Å². The van der Waals surface area contributed by atoms with E-state index in [-0.39, 0.29) is 17.1 Å². The largest absolute Gasteiger partial charge is 0.326 e. The van der Waals surface area contributed by atoms with Gasteiger partial charge in [-0.1, -0.05) is 41.6 Å². The van der Waals surface area contributed by atoms with Crippen molar-refractivity contribution in [3.8, 4) is 11.4 Å². The number of carbonyl (C=O) groups is 2. The van der Waals surface area contributed by atoms with Crippen molar-refractivity contribution in [1.82, 2.24) is 14.8 Å². The molecular weight excluding hydrogens is 398 g/mol. The molecule has 1 atom stereocenters. The van der Waals surface area contributed by atoms with E-state index in [4.69, 9.17) is 0 Å². The maximum Gasteiger partial charge on any atom is 0.237 e. The van der Waals surface area contributed by atoms with Crippen LogP contribution >= 0.6 is 11.8 Å². The first-order chi connectivity index (χ1) is 14.4. The Hall–Kier alpha value is -3.13. The van der Waals surface area contributed by atoms with E-state index in [1.165, 1.54) is 18.7 Å². The van der Waals surface area contributed by atoms with Crippen molar-refractivity contribution in [2.24, 2.45) is 0 Å². The van der Waals surface area contributed by atoms with E-state index in [1.807, 2.05) is 43.5 Å². The third kappa shape index (κ3) is 5.27. The molecule has 7 nitrogen and oxygen atoms in total. The van der Waals surface area contributed by atoms with Gasteiger partial charge in [0, 0.05) is 30.4 Å². The molecule has 8 heteroatoms. The fourth-order valence-corrected chi connectivity index (χ4v) is 3.91. The van der Waals surface area contributed by atoms with Crippen LogP contribution < -0.4 is 10.6 Å². The van der Waals surface area contributed by atoms with Crippen molar-refractivity contribution >= 4 is 35.0 Å². The minimum Gasteiger partial charge on any atom is -0.326 e. The van der Waals surface area contributed by atoms with Crippen molar-refractivity contribution in [2.45, 2.75) is 44.6 Å². The molecule has 3 aromatic rings. The van der Waals surface area contributed by atoms with E-state index < -0.39 is 0 Å². The van der Waals surface area contributed by atoms with Crippen LogP contribution in [0.4, 0.5) is 11.4 Å². The fourth-order valence-electron chi connectivity index (χ4n) is 2.99. The number of nitrogens with zero attached hydrogens (tertiary/aromatic N) is 3. The van der Waals surface area contributed by atoms with Gasteiger partial charge in [-0.3, -0.25) is 9.59 Å². The zero-order valence-corrected chi connectivity index (χ0v) is 18.3. The lowest BCUT2D eigenvalue weighted by molar-refractivity contribution is -0.115. The average Bonchev–Trinajstić information content (AvgIpc) is 3.10. The standard InChI is InChI=1S/C22H25N5O2S/c1-5-27-20(17-9-6-8-14(2)12-17)25-26-22(27)30-15(3)21(29)24-19-11-7-10-18(13-19)23-16(4)28/h6-13,15H,5H2,1-4H3,(H,23,28)(H,24,29). The molecule has 0 saturated carbocycles. The zero-order chi connectivity index (χ0) is 21.7.